The van der Waals surface area contributed by atoms with Crippen LogP contribution in [0.4, 0.5) is 4.39 Å². The van der Waals surface area contributed by atoms with Gasteiger partial charge >= 0.3 is 0 Å². The monoisotopic (exact) mass is 341 g/mol. The zero-order valence-electron chi connectivity index (χ0n) is 14.3. The number of hydrogen-bond acceptors (Lipinski definition) is 3. The van der Waals surface area contributed by atoms with E-state index in [1.165, 1.54) is 16.8 Å². The molecule has 0 atom stereocenters. The molecular weight excluding hydrogens is 321 g/mol. The largest absolute Gasteiger partial charge is 0.333 e. The SMILES string of the molecule is CCCN(Cc1cnn(C)c1)C(=O)c1ccn(-c2cccc(F)c2)n1. The second kappa shape index (κ2) is 7.29. The number of aryl methyl sites for hydroxylation is 1. The molecule has 1 amide bonds. The normalized spacial score (nSPS) is 10.8. The minimum absolute atomic E-state index is 0.152. The molecule has 0 aliphatic rings. The van der Waals surface area contributed by atoms with Crippen LogP contribution < -0.4 is 0 Å². The van der Waals surface area contributed by atoms with E-state index in [4.69, 9.17) is 0 Å². The van der Waals surface area contributed by atoms with E-state index in [-0.39, 0.29) is 11.7 Å². The molecule has 7 heteroatoms. The van der Waals surface area contributed by atoms with Crippen molar-refractivity contribution in [3.05, 3.63) is 66.0 Å². The molecule has 130 valence electrons. The lowest BCUT2D eigenvalue weighted by atomic mass is 10.2. The fraction of sp³-hybridized carbons (Fsp3) is 0.278. The van der Waals surface area contributed by atoms with Crippen LogP contribution in [0.3, 0.4) is 0 Å². The molecule has 0 unspecified atom stereocenters. The number of amides is 1. The van der Waals surface area contributed by atoms with Crippen molar-refractivity contribution in [2.75, 3.05) is 6.54 Å². The highest BCUT2D eigenvalue weighted by Crippen LogP contribution is 2.13. The van der Waals surface area contributed by atoms with Crippen LogP contribution in [0.25, 0.3) is 5.69 Å². The van der Waals surface area contributed by atoms with Crippen LogP contribution in [0.2, 0.25) is 0 Å². The van der Waals surface area contributed by atoms with Gasteiger partial charge in [0.2, 0.25) is 0 Å². The predicted octanol–water partition coefficient (Wildman–Crippen LogP) is 2.80. The van der Waals surface area contributed by atoms with E-state index in [9.17, 15) is 9.18 Å². The maximum absolute atomic E-state index is 13.4. The third-order valence-electron chi connectivity index (χ3n) is 3.79. The molecule has 0 fully saturated rings. The summed E-state index contributed by atoms with van der Waals surface area (Å²) in [4.78, 5) is 14.6. The molecule has 1 aromatic carbocycles. The van der Waals surface area contributed by atoms with Crippen LogP contribution in [0.1, 0.15) is 29.4 Å². The topological polar surface area (TPSA) is 56.0 Å². The fourth-order valence-corrected chi connectivity index (χ4v) is 2.66. The highest BCUT2D eigenvalue weighted by molar-refractivity contribution is 5.92. The highest BCUT2D eigenvalue weighted by Gasteiger charge is 2.19. The lowest BCUT2D eigenvalue weighted by Crippen LogP contribution is -2.31. The molecule has 3 rings (SSSR count). The summed E-state index contributed by atoms with van der Waals surface area (Å²) in [6.07, 6.45) is 6.15. The van der Waals surface area contributed by atoms with Crippen LogP contribution in [-0.4, -0.2) is 36.9 Å². The van der Waals surface area contributed by atoms with Gasteiger partial charge in [-0.1, -0.05) is 13.0 Å². The van der Waals surface area contributed by atoms with Crippen molar-refractivity contribution in [1.29, 1.82) is 0 Å². The molecular formula is C18H20FN5O. The smallest absolute Gasteiger partial charge is 0.274 e. The molecule has 0 bridgehead atoms. The molecule has 2 aromatic heterocycles. The summed E-state index contributed by atoms with van der Waals surface area (Å²) in [5.41, 5.74) is 1.88. The standard InChI is InChI=1S/C18H20FN5O/c1-3-8-23(13-14-11-20-22(2)12-14)18(25)17-7-9-24(21-17)16-6-4-5-15(19)10-16/h4-7,9-12H,3,8,13H2,1-2H3. The molecule has 0 spiro atoms. The number of rotatable bonds is 6. The third kappa shape index (κ3) is 3.93. The Morgan fingerprint density at radius 1 is 1.32 bits per heavy atom. The van der Waals surface area contributed by atoms with Gasteiger partial charge in [0.25, 0.3) is 5.91 Å². The van der Waals surface area contributed by atoms with Crippen molar-refractivity contribution >= 4 is 5.91 Å². The summed E-state index contributed by atoms with van der Waals surface area (Å²) in [6.45, 7) is 3.13. The Morgan fingerprint density at radius 2 is 2.16 bits per heavy atom. The fourth-order valence-electron chi connectivity index (χ4n) is 2.66. The number of benzene rings is 1. The summed E-state index contributed by atoms with van der Waals surface area (Å²) in [6, 6.07) is 7.75. The zero-order valence-corrected chi connectivity index (χ0v) is 14.3. The van der Waals surface area contributed by atoms with Crippen molar-refractivity contribution in [3.63, 3.8) is 0 Å². The number of nitrogens with zero attached hydrogens (tertiary/aromatic N) is 5. The first-order chi connectivity index (χ1) is 12.1. The average Bonchev–Trinajstić information content (AvgIpc) is 3.23. The Kier molecular flexibility index (Phi) is 4.92. The number of carbonyl (C=O) groups is 1. The predicted molar refractivity (Wildman–Crippen MR) is 91.8 cm³/mol. The van der Waals surface area contributed by atoms with Gasteiger partial charge in [-0.25, -0.2) is 9.07 Å². The van der Waals surface area contributed by atoms with Crippen LogP contribution in [0, 0.1) is 5.82 Å². The van der Waals surface area contributed by atoms with Crippen LogP contribution in [0.5, 0.6) is 0 Å². The van der Waals surface area contributed by atoms with Gasteiger partial charge in [-0.05, 0) is 30.7 Å². The molecule has 0 radical (unpaired) electrons. The summed E-state index contributed by atoms with van der Waals surface area (Å²) < 4.78 is 16.6. The Hall–Kier alpha value is -2.96. The highest BCUT2D eigenvalue weighted by atomic mass is 19.1. The van der Waals surface area contributed by atoms with Crippen molar-refractivity contribution in [1.82, 2.24) is 24.5 Å². The molecule has 3 aromatic rings. The molecule has 0 N–H and O–H groups in total. The van der Waals surface area contributed by atoms with E-state index in [0.717, 1.165) is 12.0 Å². The minimum atomic E-state index is -0.343. The Bertz CT molecular complexity index is 870. The van der Waals surface area contributed by atoms with Gasteiger partial charge in [0.15, 0.2) is 5.69 Å². The zero-order chi connectivity index (χ0) is 17.8. The number of hydrogen-bond donors (Lipinski definition) is 0. The molecule has 25 heavy (non-hydrogen) atoms. The number of carbonyl (C=O) groups excluding carboxylic acids is 1. The summed E-state index contributed by atoms with van der Waals surface area (Å²) in [7, 11) is 1.84. The number of halogens is 1. The van der Waals surface area contributed by atoms with Crippen LogP contribution in [-0.2, 0) is 13.6 Å². The van der Waals surface area contributed by atoms with Crippen LogP contribution >= 0.6 is 0 Å². The maximum atomic E-state index is 13.4. The van der Waals surface area contributed by atoms with E-state index in [1.54, 1.807) is 40.2 Å². The first kappa shape index (κ1) is 16.9. The number of aromatic nitrogens is 4. The lowest BCUT2D eigenvalue weighted by Gasteiger charge is -2.20. The van der Waals surface area contributed by atoms with Crippen molar-refractivity contribution in [2.24, 2.45) is 7.05 Å². The Labute approximate surface area is 145 Å². The van der Waals surface area contributed by atoms with E-state index >= 15 is 0 Å². The first-order valence-corrected chi connectivity index (χ1v) is 8.15. The van der Waals surface area contributed by atoms with E-state index in [0.29, 0.717) is 24.5 Å². The van der Waals surface area contributed by atoms with E-state index in [2.05, 4.69) is 10.2 Å². The van der Waals surface area contributed by atoms with Crippen molar-refractivity contribution in [2.45, 2.75) is 19.9 Å². The van der Waals surface area contributed by atoms with Crippen molar-refractivity contribution in [3.8, 4) is 5.69 Å². The van der Waals surface area contributed by atoms with Gasteiger partial charge in [0.1, 0.15) is 5.82 Å². The van der Waals surface area contributed by atoms with Crippen molar-refractivity contribution < 1.29 is 9.18 Å². The van der Waals surface area contributed by atoms with Gasteiger partial charge in [0.05, 0.1) is 11.9 Å². The average molecular weight is 341 g/mol. The van der Waals surface area contributed by atoms with E-state index < -0.39 is 0 Å². The lowest BCUT2D eigenvalue weighted by molar-refractivity contribution is 0.0736. The van der Waals surface area contributed by atoms with Gasteiger partial charge in [-0.15, -0.1) is 0 Å². The molecule has 6 nitrogen and oxygen atoms in total. The van der Waals surface area contributed by atoms with Crippen LogP contribution in [0.15, 0.2) is 48.9 Å². The Balaban J connectivity index is 1.80. The maximum Gasteiger partial charge on any atom is 0.274 e. The second-order valence-electron chi connectivity index (χ2n) is 5.87. The molecule has 0 aliphatic heterocycles. The second-order valence-corrected chi connectivity index (χ2v) is 5.87. The summed E-state index contributed by atoms with van der Waals surface area (Å²) >= 11 is 0. The molecule has 0 aliphatic carbocycles. The molecule has 0 saturated carbocycles. The quantitative estimate of drug-likeness (QED) is 0.693. The van der Waals surface area contributed by atoms with Gasteiger partial charge < -0.3 is 4.90 Å². The van der Waals surface area contributed by atoms with Gasteiger partial charge in [-0.3, -0.25) is 9.48 Å². The summed E-state index contributed by atoms with van der Waals surface area (Å²) in [5, 5.41) is 8.45. The minimum Gasteiger partial charge on any atom is -0.333 e. The summed E-state index contributed by atoms with van der Waals surface area (Å²) in [5.74, 6) is -0.495. The Morgan fingerprint density at radius 3 is 2.84 bits per heavy atom. The van der Waals surface area contributed by atoms with E-state index in [1.807, 2.05) is 20.2 Å². The molecule has 0 saturated heterocycles. The van der Waals surface area contributed by atoms with Gasteiger partial charge in [0, 0.05) is 38.1 Å². The molecule has 2 heterocycles. The third-order valence-corrected chi connectivity index (χ3v) is 3.79. The first-order valence-electron chi connectivity index (χ1n) is 8.15. The van der Waals surface area contributed by atoms with Gasteiger partial charge in [-0.2, -0.15) is 10.2 Å².